The maximum Gasteiger partial charge on any atom is 0.159 e. The molecule has 12 aromatic carbocycles. The minimum absolute atomic E-state index is 0.355. The maximum absolute atomic E-state index is 7.50. The molecule has 16 rings (SSSR count). The van der Waals surface area contributed by atoms with Gasteiger partial charge in [0.15, 0.2) is 11.2 Å². The van der Waals surface area contributed by atoms with E-state index in [1.54, 1.807) is 0 Å². The van der Waals surface area contributed by atoms with Gasteiger partial charge in [-0.1, -0.05) is 199 Å². The largest absolute Gasteiger partial charge is 0.453 e. The molecule has 2 aromatic heterocycles. The average molecular weight is 1150 g/mol. The fourth-order valence-corrected chi connectivity index (χ4v) is 16.4. The third-order valence-electron chi connectivity index (χ3n) is 20.2. The molecule has 14 aromatic rings. The Hall–Kier alpha value is -9.12. The van der Waals surface area contributed by atoms with Gasteiger partial charge in [-0.3, -0.25) is 0 Å². The van der Waals surface area contributed by atoms with Crippen LogP contribution in [0.3, 0.4) is 0 Å². The van der Waals surface area contributed by atoms with Gasteiger partial charge in [0.1, 0.15) is 11.2 Å². The van der Waals surface area contributed by atoms with E-state index < -0.39 is 0 Å². The van der Waals surface area contributed by atoms with Crippen LogP contribution in [0.2, 0.25) is 0 Å². The van der Waals surface area contributed by atoms with E-state index in [-0.39, 0.29) is 0 Å². The number of hydrogen-bond donors (Lipinski definition) is 0. The van der Waals surface area contributed by atoms with Gasteiger partial charge in [-0.05, 0) is 203 Å². The second-order valence-electron chi connectivity index (χ2n) is 26.7. The van der Waals surface area contributed by atoms with Gasteiger partial charge in [0.25, 0.3) is 0 Å². The van der Waals surface area contributed by atoms with E-state index in [0.29, 0.717) is 23.7 Å². The molecule has 0 N–H and O–H groups in total. The number of anilines is 6. The first-order valence-corrected chi connectivity index (χ1v) is 32.6. The molecule has 4 nitrogen and oxygen atoms in total. The molecule has 0 amide bonds. The zero-order valence-electron chi connectivity index (χ0n) is 52.2. The molecule has 0 bridgehead atoms. The third-order valence-corrected chi connectivity index (χ3v) is 20.2. The summed E-state index contributed by atoms with van der Waals surface area (Å²) in [5.74, 6) is 1.57. The molecule has 0 radical (unpaired) electrons. The fourth-order valence-electron chi connectivity index (χ4n) is 16.4. The fraction of sp³-hybridized carbons (Fsp3) is 0.238. The van der Waals surface area contributed by atoms with Crippen LogP contribution in [-0.4, -0.2) is 0 Å². The second kappa shape index (κ2) is 21.3. The number of fused-ring (bicyclic) bond motifs is 6. The van der Waals surface area contributed by atoms with Crippen LogP contribution in [0.15, 0.2) is 203 Å². The molecular weight excluding hydrogens is 1070 g/mol. The van der Waals surface area contributed by atoms with Gasteiger partial charge in [0, 0.05) is 54.8 Å². The minimum atomic E-state index is 0.355. The van der Waals surface area contributed by atoms with E-state index in [9.17, 15) is 0 Å². The molecule has 0 spiro atoms. The standard InChI is InChI=1S/C84H76N2O2/c1-49(2)59-25-13-15-27-61(59)65-29-17-31-67-69-33-19-35-75(83(69)87-81(65)67)85(57-43-51(5)41-52(6)44-57)77-47-73(55-21-9-10-22-55)63-38-40-72-78(48-74(56-23-11-12-24-56)64-37-39-71(77)79(63)80(64)72)86(58-45-53(7)42-54(8)46-58)76-36-20-34-70-68-32-18-30-66(82(68)88-84(70)76)62-28-16-14-26-60(62)50(3)4/h13-20,25-50,55-56H,9-12,21-24H2,1-8H3. The number of rotatable bonds is 12. The Kier molecular flexibility index (Phi) is 13.2. The number of benzene rings is 12. The van der Waals surface area contributed by atoms with Crippen molar-refractivity contribution in [2.75, 3.05) is 9.80 Å². The number of furan rings is 2. The number of nitrogens with zero attached hydrogens (tertiary/aromatic N) is 2. The molecule has 2 heterocycles. The SMILES string of the molecule is Cc1cc(C)cc(N(c2cc(C3CCCC3)c3ccc4c(N(c5cc(C)cc(C)c5)c5cccc6c5oc5c(-c7ccccc7C(C)C)cccc56)cc(C5CCCC5)c5ccc2c3c54)c2cccc3c2oc2c(-c4ccccc4C(C)C)cccc23)c1. The van der Waals surface area contributed by atoms with Gasteiger partial charge in [0.05, 0.1) is 22.7 Å². The van der Waals surface area contributed by atoms with Crippen LogP contribution in [0.25, 0.3) is 98.4 Å². The normalized spacial score (nSPS) is 14.3. The predicted molar refractivity (Wildman–Crippen MR) is 374 cm³/mol. The van der Waals surface area contributed by atoms with Crippen molar-refractivity contribution < 1.29 is 8.83 Å². The van der Waals surface area contributed by atoms with Crippen molar-refractivity contribution >= 4 is 110 Å². The molecule has 0 saturated heterocycles. The van der Waals surface area contributed by atoms with Crippen molar-refractivity contribution in [2.24, 2.45) is 0 Å². The monoisotopic (exact) mass is 1140 g/mol. The molecule has 2 aliphatic carbocycles. The quantitative estimate of drug-likeness (QED) is 0.114. The molecule has 0 aliphatic heterocycles. The van der Waals surface area contributed by atoms with Gasteiger partial charge < -0.3 is 18.6 Å². The van der Waals surface area contributed by atoms with Gasteiger partial charge in [0.2, 0.25) is 0 Å². The molecule has 0 unspecified atom stereocenters. The van der Waals surface area contributed by atoms with Crippen LogP contribution in [-0.2, 0) is 0 Å². The van der Waals surface area contributed by atoms with Crippen molar-refractivity contribution in [3.63, 3.8) is 0 Å². The highest BCUT2D eigenvalue weighted by Crippen LogP contribution is 2.56. The van der Waals surface area contributed by atoms with Crippen molar-refractivity contribution in [2.45, 2.75) is 130 Å². The Labute approximate surface area is 517 Å². The molecule has 4 heteroatoms. The molecule has 0 atom stereocenters. The van der Waals surface area contributed by atoms with E-state index in [1.807, 2.05) is 0 Å². The van der Waals surface area contributed by atoms with Crippen LogP contribution in [0.1, 0.15) is 147 Å². The molecule has 88 heavy (non-hydrogen) atoms. The summed E-state index contributed by atoms with van der Waals surface area (Å²) in [6.45, 7) is 18.1. The van der Waals surface area contributed by atoms with E-state index >= 15 is 0 Å². The third kappa shape index (κ3) is 8.75. The lowest BCUT2D eigenvalue weighted by Gasteiger charge is -2.32. The molecule has 2 saturated carbocycles. The number of aryl methyl sites for hydroxylation is 4. The summed E-state index contributed by atoms with van der Waals surface area (Å²) < 4.78 is 15.0. The molecule has 434 valence electrons. The average Bonchev–Trinajstić information content (AvgIpc) is 1.20. The summed E-state index contributed by atoms with van der Waals surface area (Å²) in [5.41, 5.74) is 25.5. The molecule has 2 aliphatic rings. The van der Waals surface area contributed by atoms with Gasteiger partial charge in [-0.2, -0.15) is 0 Å². The summed E-state index contributed by atoms with van der Waals surface area (Å²) in [7, 11) is 0. The minimum Gasteiger partial charge on any atom is -0.453 e. The molecule has 2 fully saturated rings. The molecular formula is C84H76N2O2. The van der Waals surface area contributed by atoms with E-state index in [2.05, 4.69) is 259 Å². The highest BCUT2D eigenvalue weighted by molar-refractivity contribution is 6.30. The Bertz CT molecular complexity index is 4720. The van der Waals surface area contributed by atoms with E-state index in [0.717, 1.165) is 77.8 Å². The summed E-state index contributed by atoms with van der Waals surface area (Å²) in [5, 5.41) is 12.4. The Morgan fingerprint density at radius 3 is 1.05 bits per heavy atom. The Morgan fingerprint density at radius 2 is 0.659 bits per heavy atom. The van der Waals surface area contributed by atoms with Gasteiger partial charge in [-0.25, -0.2) is 0 Å². The number of hydrogen-bond acceptors (Lipinski definition) is 4. The van der Waals surface area contributed by atoms with Crippen molar-refractivity contribution in [1.29, 1.82) is 0 Å². The lowest BCUT2D eigenvalue weighted by atomic mass is 9.82. The lowest BCUT2D eigenvalue weighted by Crippen LogP contribution is -2.14. The van der Waals surface area contributed by atoms with Crippen LogP contribution in [0.4, 0.5) is 34.1 Å². The summed E-state index contributed by atoms with van der Waals surface area (Å²) >= 11 is 0. The Balaban J connectivity index is 1.00. The second-order valence-corrected chi connectivity index (χ2v) is 26.7. The van der Waals surface area contributed by atoms with Gasteiger partial charge >= 0.3 is 0 Å². The first kappa shape index (κ1) is 54.3. The lowest BCUT2D eigenvalue weighted by molar-refractivity contribution is 0.669. The maximum atomic E-state index is 7.50. The summed E-state index contributed by atoms with van der Waals surface area (Å²) in [4.78, 5) is 5.15. The first-order chi connectivity index (χ1) is 42.9. The van der Waals surface area contributed by atoms with Crippen molar-refractivity contribution in [3.05, 3.63) is 239 Å². The van der Waals surface area contributed by atoms with Crippen LogP contribution < -0.4 is 9.80 Å². The van der Waals surface area contributed by atoms with Crippen molar-refractivity contribution in [3.8, 4) is 22.3 Å². The first-order valence-electron chi connectivity index (χ1n) is 32.6. The highest BCUT2D eigenvalue weighted by atomic mass is 16.3. The zero-order chi connectivity index (χ0) is 59.6. The summed E-state index contributed by atoms with van der Waals surface area (Å²) in [6.07, 6.45) is 9.67. The van der Waals surface area contributed by atoms with Gasteiger partial charge in [-0.15, -0.1) is 0 Å². The smallest absolute Gasteiger partial charge is 0.159 e. The Morgan fingerprint density at radius 1 is 0.318 bits per heavy atom. The zero-order valence-corrected chi connectivity index (χ0v) is 52.2. The van der Waals surface area contributed by atoms with Crippen LogP contribution >= 0.6 is 0 Å². The van der Waals surface area contributed by atoms with E-state index in [4.69, 9.17) is 8.83 Å². The number of para-hydroxylation sites is 4. The van der Waals surface area contributed by atoms with Crippen LogP contribution in [0.5, 0.6) is 0 Å². The topological polar surface area (TPSA) is 32.8 Å². The van der Waals surface area contributed by atoms with Crippen molar-refractivity contribution in [1.82, 2.24) is 0 Å². The van der Waals surface area contributed by atoms with Crippen LogP contribution in [0, 0.1) is 27.7 Å². The highest BCUT2D eigenvalue weighted by Gasteiger charge is 2.32. The predicted octanol–water partition coefficient (Wildman–Crippen LogP) is 25.5. The summed E-state index contributed by atoms with van der Waals surface area (Å²) in [6, 6.07) is 74.2. The van der Waals surface area contributed by atoms with E-state index in [1.165, 1.54) is 151 Å².